The first-order chi connectivity index (χ1) is 21.8. The zero-order valence-electron chi connectivity index (χ0n) is 24.1. The van der Waals surface area contributed by atoms with Crippen LogP contribution in [-0.4, -0.2) is 11.7 Å². The molecule has 8 rings (SSSR count). The van der Waals surface area contributed by atoms with E-state index < -0.39 is 0 Å². The molecule has 0 aromatic heterocycles. The fourth-order valence-electron chi connectivity index (χ4n) is 6.09. The lowest BCUT2D eigenvalue weighted by atomic mass is 9.89. The molecular formula is C41H29N3. The van der Waals surface area contributed by atoms with Gasteiger partial charge in [-0.1, -0.05) is 158 Å². The number of amidine groups is 2. The normalized spacial score (nSPS) is 14.6. The summed E-state index contributed by atoms with van der Waals surface area (Å²) in [4.78, 5) is 10.1. The second-order valence-electron chi connectivity index (χ2n) is 11.1. The highest BCUT2D eigenvalue weighted by atomic mass is 15.2. The molecule has 1 heterocycles. The van der Waals surface area contributed by atoms with E-state index in [0.717, 1.165) is 33.9 Å². The number of aliphatic imine (C=N–C) groups is 2. The van der Waals surface area contributed by atoms with Crippen LogP contribution in [0.3, 0.4) is 0 Å². The fraction of sp³-hybridized carbons (Fsp3) is 0.0244. The van der Waals surface area contributed by atoms with Gasteiger partial charge in [0.1, 0.15) is 12.0 Å². The molecule has 0 saturated heterocycles. The molecule has 3 nitrogen and oxygen atoms in total. The SMILES string of the molecule is c1ccc(C2=NC(c3ccc(-c4c(-c5ccc6ccccc6c5)ccc5ccccc45)cc3)=NC(c3ccccc3)N2)cc1. The molecule has 0 aliphatic carbocycles. The van der Waals surface area contributed by atoms with Crippen molar-refractivity contribution in [2.75, 3.05) is 0 Å². The number of hydrogen-bond donors (Lipinski definition) is 1. The molecule has 3 heteroatoms. The van der Waals surface area contributed by atoms with Crippen LogP contribution in [0.2, 0.25) is 0 Å². The molecule has 1 aliphatic rings. The Morgan fingerprint density at radius 3 is 1.86 bits per heavy atom. The van der Waals surface area contributed by atoms with E-state index in [1.54, 1.807) is 0 Å². The minimum Gasteiger partial charge on any atom is -0.344 e. The van der Waals surface area contributed by atoms with E-state index in [0.29, 0.717) is 0 Å². The summed E-state index contributed by atoms with van der Waals surface area (Å²) < 4.78 is 0. The summed E-state index contributed by atoms with van der Waals surface area (Å²) in [5.41, 5.74) is 7.93. The fourth-order valence-corrected chi connectivity index (χ4v) is 6.09. The van der Waals surface area contributed by atoms with E-state index in [-0.39, 0.29) is 6.17 Å². The molecule has 0 bridgehead atoms. The lowest BCUT2D eigenvalue weighted by molar-refractivity contribution is 0.674. The number of rotatable bonds is 5. The Hall–Kier alpha value is -5.80. The molecule has 0 fully saturated rings. The summed E-state index contributed by atoms with van der Waals surface area (Å²) in [7, 11) is 0. The smallest absolute Gasteiger partial charge is 0.159 e. The van der Waals surface area contributed by atoms with Gasteiger partial charge in [-0.15, -0.1) is 0 Å². The molecule has 1 N–H and O–H groups in total. The van der Waals surface area contributed by atoms with Crippen LogP contribution in [0.4, 0.5) is 0 Å². The van der Waals surface area contributed by atoms with E-state index >= 15 is 0 Å². The standard InChI is InChI=1S/C41H29N3/c1-3-13-31(14-4-1)39-42-40(32-15-5-2-6-16-32)44-41(43-39)33-22-20-30(21-23-33)38-36-18-10-9-12-29(36)25-26-37(38)35-24-19-28-11-7-8-17-34(28)27-35/h1-27,39H,(H,42,43,44). The zero-order valence-corrected chi connectivity index (χ0v) is 24.1. The van der Waals surface area contributed by atoms with Crippen LogP contribution in [0.25, 0.3) is 43.8 Å². The van der Waals surface area contributed by atoms with Crippen molar-refractivity contribution in [2.45, 2.75) is 6.17 Å². The van der Waals surface area contributed by atoms with Gasteiger partial charge in [0.2, 0.25) is 0 Å². The van der Waals surface area contributed by atoms with Gasteiger partial charge in [-0.3, -0.25) is 0 Å². The van der Waals surface area contributed by atoms with Crippen molar-refractivity contribution in [2.24, 2.45) is 9.98 Å². The predicted octanol–water partition coefficient (Wildman–Crippen LogP) is 9.82. The lowest BCUT2D eigenvalue weighted by Crippen LogP contribution is -2.33. The third kappa shape index (κ3) is 4.85. The second kappa shape index (κ2) is 11.1. The van der Waals surface area contributed by atoms with Crippen molar-refractivity contribution in [3.05, 3.63) is 180 Å². The maximum Gasteiger partial charge on any atom is 0.159 e. The maximum absolute atomic E-state index is 5.06. The Morgan fingerprint density at radius 1 is 0.455 bits per heavy atom. The van der Waals surface area contributed by atoms with E-state index in [1.165, 1.54) is 38.2 Å². The van der Waals surface area contributed by atoms with Gasteiger partial charge < -0.3 is 5.32 Å². The van der Waals surface area contributed by atoms with Crippen LogP contribution < -0.4 is 5.32 Å². The minimum absolute atomic E-state index is 0.226. The van der Waals surface area contributed by atoms with Gasteiger partial charge in [-0.05, 0) is 55.4 Å². The average molecular weight is 564 g/mol. The average Bonchev–Trinajstić information content (AvgIpc) is 3.11. The molecule has 208 valence electrons. The highest BCUT2D eigenvalue weighted by molar-refractivity contribution is 6.13. The second-order valence-corrected chi connectivity index (χ2v) is 11.1. The molecule has 0 saturated carbocycles. The van der Waals surface area contributed by atoms with Gasteiger partial charge in [-0.2, -0.15) is 0 Å². The van der Waals surface area contributed by atoms with Crippen molar-refractivity contribution in [1.82, 2.24) is 5.32 Å². The number of fused-ring (bicyclic) bond motifs is 2. The maximum atomic E-state index is 5.06. The van der Waals surface area contributed by atoms with Crippen molar-refractivity contribution < 1.29 is 0 Å². The van der Waals surface area contributed by atoms with Gasteiger partial charge in [0.25, 0.3) is 0 Å². The van der Waals surface area contributed by atoms with Gasteiger partial charge in [0, 0.05) is 11.1 Å². The van der Waals surface area contributed by atoms with Crippen molar-refractivity contribution in [3.8, 4) is 22.3 Å². The first kappa shape index (κ1) is 25.9. The van der Waals surface area contributed by atoms with E-state index in [1.807, 2.05) is 36.4 Å². The van der Waals surface area contributed by atoms with Gasteiger partial charge >= 0.3 is 0 Å². The Morgan fingerprint density at radius 2 is 1.07 bits per heavy atom. The molecule has 1 unspecified atom stereocenters. The van der Waals surface area contributed by atoms with E-state index in [9.17, 15) is 0 Å². The van der Waals surface area contributed by atoms with Crippen molar-refractivity contribution >= 4 is 33.2 Å². The van der Waals surface area contributed by atoms with Gasteiger partial charge in [0.15, 0.2) is 5.84 Å². The summed E-state index contributed by atoms with van der Waals surface area (Å²) in [6.45, 7) is 0. The first-order valence-corrected chi connectivity index (χ1v) is 15.0. The molecule has 0 spiro atoms. The summed E-state index contributed by atoms with van der Waals surface area (Å²) in [6, 6.07) is 57.7. The summed E-state index contributed by atoms with van der Waals surface area (Å²) in [5, 5.41) is 8.49. The number of nitrogens with zero attached hydrogens (tertiary/aromatic N) is 2. The topological polar surface area (TPSA) is 36.8 Å². The van der Waals surface area contributed by atoms with Crippen LogP contribution in [0.15, 0.2) is 174 Å². The third-order valence-electron chi connectivity index (χ3n) is 8.33. The summed E-state index contributed by atoms with van der Waals surface area (Å²) in [5.74, 6) is 1.54. The summed E-state index contributed by atoms with van der Waals surface area (Å²) >= 11 is 0. The Balaban J connectivity index is 1.24. The molecule has 7 aromatic rings. The van der Waals surface area contributed by atoms with Crippen LogP contribution in [-0.2, 0) is 0 Å². The van der Waals surface area contributed by atoms with Crippen LogP contribution in [0.1, 0.15) is 22.9 Å². The molecule has 7 aromatic carbocycles. The highest BCUT2D eigenvalue weighted by Crippen LogP contribution is 2.39. The lowest BCUT2D eigenvalue weighted by Gasteiger charge is -2.23. The van der Waals surface area contributed by atoms with E-state index in [4.69, 9.17) is 9.98 Å². The largest absolute Gasteiger partial charge is 0.344 e. The van der Waals surface area contributed by atoms with E-state index in [2.05, 4.69) is 133 Å². The monoisotopic (exact) mass is 563 g/mol. The van der Waals surface area contributed by atoms with Crippen LogP contribution in [0.5, 0.6) is 0 Å². The minimum atomic E-state index is -0.226. The molecule has 0 amide bonds. The molecule has 1 aliphatic heterocycles. The number of hydrogen-bond acceptors (Lipinski definition) is 3. The Labute approximate surface area is 256 Å². The third-order valence-corrected chi connectivity index (χ3v) is 8.33. The number of benzene rings is 7. The highest BCUT2D eigenvalue weighted by Gasteiger charge is 2.21. The molecule has 1 atom stereocenters. The Kier molecular flexibility index (Phi) is 6.54. The Bertz CT molecular complexity index is 2180. The number of nitrogens with one attached hydrogen (secondary N) is 1. The molecule has 0 radical (unpaired) electrons. The molecular weight excluding hydrogens is 534 g/mol. The summed E-state index contributed by atoms with van der Waals surface area (Å²) in [6.07, 6.45) is -0.226. The predicted molar refractivity (Wildman–Crippen MR) is 184 cm³/mol. The van der Waals surface area contributed by atoms with Crippen LogP contribution >= 0.6 is 0 Å². The first-order valence-electron chi connectivity index (χ1n) is 15.0. The quantitative estimate of drug-likeness (QED) is 0.222. The van der Waals surface area contributed by atoms with Gasteiger partial charge in [0.05, 0.1) is 0 Å². The molecule has 44 heavy (non-hydrogen) atoms. The van der Waals surface area contributed by atoms with Gasteiger partial charge in [-0.25, -0.2) is 9.98 Å². The van der Waals surface area contributed by atoms with Crippen molar-refractivity contribution in [1.29, 1.82) is 0 Å². The zero-order chi connectivity index (χ0) is 29.3. The van der Waals surface area contributed by atoms with Crippen molar-refractivity contribution in [3.63, 3.8) is 0 Å². The van der Waals surface area contributed by atoms with Crippen LogP contribution in [0, 0.1) is 0 Å².